The van der Waals surface area contributed by atoms with E-state index in [-0.39, 0.29) is 30.7 Å². The van der Waals surface area contributed by atoms with Crippen LogP contribution in [0.3, 0.4) is 0 Å². The van der Waals surface area contributed by atoms with Gasteiger partial charge < -0.3 is 15.6 Å². The Bertz CT molecular complexity index is 702. The van der Waals surface area contributed by atoms with Crippen molar-refractivity contribution in [3.63, 3.8) is 0 Å². The first-order valence-corrected chi connectivity index (χ1v) is 10.3. The van der Waals surface area contributed by atoms with E-state index in [0.29, 0.717) is 6.42 Å². The maximum Gasteiger partial charge on any atom is 0.237 e. The molecule has 1 aliphatic rings. The van der Waals surface area contributed by atoms with Gasteiger partial charge in [0.1, 0.15) is 0 Å². The molecule has 162 valence electrons. The minimum absolute atomic E-state index is 0. The number of nitrogens with zero attached hydrogens (tertiary/aromatic N) is 2. The van der Waals surface area contributed by atoms with Crippen LogP contribution < -0.4 is 11.1 Å². The molecule has 0 unspecified atom stereocenters. The normalized spacial score (nSPS) is 15.1. The summed E-state index contributed by atoms with van der Waals surface area (Å²) in [5, 5.41) is 2.99. The monoisotopic (exact) mass is 440 g/mol. The summed E-state index contributed by atoms with van der Waals surface area (Å²) >= 11 is 0. The van der Waals surface area contributed by atoms with Crippen LogP contribution in [0.25, 0.3) is 0 Å². The lowest BCUT2D eigenvalue weighted by Crippen LogP contribution is -2.42. The van der Waals surface area contributed by atoms with Gasteiger partial charge in [-0.1, -0.05) is 62.4 Å². The molecule has 1 saturated carbocycles. The van der Waals surface area contributed by atoms with Gasteiger partial charge >= 0.3 is 0 Å². The fourth-order valence-electron chi connectivity index (χ4n) is 3.92. The van der Waals surface area contributed by atoms with Crippen molar-refractivity contribution in [3.8, 4) is 0 Å². The number of hydrogen-bond donors (Lipinski definition) is 2. The van der Waals surface area contributed by atoms with E-state index < -0.39 is 6.04 Å². The minimum atomic E-state index is -0.542. The number of halogens is 2. The summed E-state index contributed by atoms with van der Waals surface area (Å²) in [4.78, 5) is 16.6. The van der Waals surface area contributed by atoms with Crippen molar-refractivity contribution < 1.29 is 4.79 Å². The number of amides is 1. The van der Waals surface area contributed by atoms with Crippen molar-refractivity contribution in [2.75, 3.05) is 6.54 Å². The molecule has 0 spiro atoms. The van der Waals surface area contributed by atoms with Gasteiger partial charge in [-0.3, -0.25) is 4.79 Å². The molecule has 29 heavy (non-hydrogen) atoms. The maximum atomic E-state index is 12.2. The van der Waals surface area contributed by atoms with Crippen LogP contribution >= 0.6 is 24.8 Å². The lowest BCUT2D eigenvalue weighted by atomic mass is 9.86. The molecule has 5 nitrogen and oxygen atoms in total. The molecule has 3 N–H and O–H groups in total. The van der Waals surface area contributed by atoms with E-state index in [1.807, 2.05) is 29.0 Å². The summed E-state index contributed by atoms with van der Waals surface area (Å²) in [6, 6.07) is 9.71. The first-order chi connectivity index (χ1) is 13.2. The minimum Gasteiger partial charge on any atom is -0.355 e. The smallest absolute Gasteiger partial charge is 0.237 e. The highest BCUT2D eigenvalue weighted by Gasteiger charge is 2.16. The number of hydrogen-bond acceptors (Lipinski definition) is 3. The molecule has 1 aromatic heterocycles. The highest BCUT2D eigenvalue weighted by atomic mass is 35.5. The number of carbonyl (C=O) groups is 1. The molecule has 1 aliphatic carbocycles. The van der Waals surface area contributed by atoms with Gasteiger partial charge in [0.05, 0.1) is 18.1 Å². The highest BCUT2D eigenvalue weighted by Crippen LogP contribution is 2.26. The standard InChI is InChI=1S/C22H32N4O.2ClH/c23-21(22(27)24-13-7-12-18-8-3-1-4-9-18)14-20-16-26(17-25-20)15-19-10-5-2-6-11-19;;/h2,5-6,10-11,16-18,21H,1,3-4,7-9,12-15,23H2,(H,24,27);2*1H/t21-;;/m0../s1. The number of nitrogens with two attached hydrogens (primary N) is 1. The Kier molecular flexibility index (Phi) is 12.0. The Morgan fingerprint density at radius 1 is 1.17 bits per heavy atom. The first kappa shape index (κ1) is 25.5. The van der Waals surface area contributed by atoms with Crippen LogP contribution in [-0.4, -0.2) is 28.0 Å². The third-order valence-corrected chi connectivity index (χ3v) is 5.47. The van der Waals surface area contributed by atoms with Crippen molar-refractivity contribution in [1.29, 1.82) is 0 Å². The lowest BCUT2D eigenvalue weighted by molar-refractivity contribution is -0.122. The van der Waals surface area contributed by atoms with Crippen LogP contribution in [0.2, 0.25) is 0 Å². The van der Waals surface area contributed by atoms with E-state index >= 15 is 0 Å². The first-order valence-electron chi connectivity index (χ1n) is 10.3. The average molecular weight is 441 g/mol. The van der Waals surface area contributed by atoms with Crippen molar-refractivity contribution >= 4 is 30.7 Å². The Morgan fingerprint density at radius 3 is 2.62 bits per heavy atom. The molecule has 3 rings (SSSR count). The van der Waals surface area contributed by atoms with E-state index in [2.05, 4.69) is 22.4 Å². The topological polar surface area (TPSA) is 72.9 Å². The number of carbonyl (C=O) groups excluding carboxylic acids is 1. The molecule has 7 heteroatoms. The van der Waals surface area contributed by atoms with Crippen molar-refractivity contribution in [3.05, 3.63) is 54.1 Å². The molecule has 0 saturated heterocycles. The van der Waals surface area contributed by atoms with Crippen molar-refractivity contribution in [2.24, 2.45) is 11.7 Å². The number of imidazole rings is 1. The fourth-order valence-corrected chi connectivity index (χ4v) is 3.92. The summed E-state index contributed by atoms with van der Waals surface area (Å²) in [7, 11) is 0. The zero-order valence-electron chi connectivity index (χ0n) is 17.0. The number of rotatable bonds is 9. The summed E-state index contributed by atoms with van der Waals surface area (Å²) in [5.41, 5.74) is 8.16. The number of nitrogens with one attached hydrogen (secondary N) is 1. The van der Waals surface area contributed by atoms with Crippen molar-refractivity contribution in [1.82, 2.24) is 14.9 Å². The Labute approximate surface area is 186 Å². The van der Waals surface area contributed by atoms with Gasteiger partial charge in [0, 0.05) is 25.7 Å². The van der Waals surface area contributed by atoms with E-state index in [1.54, 1.807) is 6.33 Å². The summed E-state index contributed by atoms with van der Waals surface area (Å²) in [6.07, 6.45) is 13.4. The van der Waals surface area contributed by atoms with E-state index in [0.717, 1.165) is 31.1 Å². The number of benzene rings is 1. The van der Waals surface area contributed by atoms with Gasteiger partial charge in [0.2, 0.25) is 5.91 Å². The van der Waals surface area contributed by atoms with Crippen LogP contribution in [0, 0.1) is 5.92 Å². The highest BCUT2D eigenvalue weighted by molar-refractivity contribution is 5.85. The second-order valence-corrected chi connectivity index (χ2v) is 7.77. The average Bonchev–Trinajstić information content (AvgIpc) is 3.13. The Hall–Kier alpha value is -1.56. The fraction of sp³-hybridized carbons (Fsp3) is 0.545. The van der Waals surface area contributed by atoms with E-state index in [9.17, 15) is 4.79 Å². The van der Waals surface area contributed by atoms with Gasteiger partial charge in [-0.25, -0.2) is 4.98 Å². The molecule has 1 amide bonds. The molecule has 1 heterocycles. The van der Waals surface area contributed by atoms with Gasteiger partial charge in [0.25, 0.3) is 0 Å². The van der Waals surface area contributed by atoms with Crippen LogP contribution in [0.15, 0.2) is 42.9 Å². The largest absolute Gasteiger partial charge is 0.355 e. The molecule has 1 fully saturated rings. The molecule has 2 aromatic rings. The Morgan fingerprint density at radius 2 is 1.90 bits per heavy atom. The summed E-state index contributed by atoms with van der Waals surface area (Å²) in [6.45, 7) is 1.50. The molecule has 1 atom stereocenters. The van der Waals surface area contributed by atoms with E-state index in [4.69, 9.17) is 5.73 Å². The molecule has 1 aromatic carbocycles. The maximum absolute atomic E-state index is 12.2. The lowest BCUT2D eigenvalue weighted by Gasteiger charge is -2.21. The Balaban J connectivity index is 0.00000210. The van der Waals surface area contributed by atoms with E-state index in [1.165, 1.54) is 44.1 Å². The predicted octanol–water partition coefficient (Wildman–Crippen LogP) is 4.12. The van der Waals surface area contributed by atoms with Crippen LogP contribution in [0.4, 0.5) is 0 Å². The summed E-state index contributed by atoms with van der Waals surface area (Å²) in [5.74, 6) is 0.786. The molecule has 0 radical (unpaired) electrons. The third kappa shape index (κ3) is 8.77. The van der Waals surface area contributed by atoms with Crippen LogP contribution in [0.1, 0.15) is 56.2 Å². The molecular formula is C22H34Cl2N4O. The molecule has 0 aliphatic heterocycles. The summed E-state index contributed by atoms with van der Waals surface area (Å²) < 4.78 is 2.03. The quantitative estimate of drug-likeness (QED) is 0.575. The third-order valence-electron chi connectivity index (χ3n) is 5.47. The van der Waals surface area contributed by atoms with Gasteiger partial charge in [-0.05, 0) is 24.3 Å². The number of aromatic nitrogens is 2. The zero-order chi connectivity index (χ0) is 18.9. The second kappa shape index (κ2) is 13.6. The molecule has 0 bridgehead atoms. The molecular weight excluding hydrogens is 407 g/mol. The van der Waals surface area contributed by atoms with Gasteiger partial charge in [0.15, 0.2) is 0 Å². The van der Waals surface area contributed by atoms with Crippen LogP contribution in [0.5, 0.6) is 0 Å². The second-order valence-electron chi connectivity index (χ2n) is 7.77. The van der Waals surface area contributed by atoms with Gasteiger partial charge in [-0.2, -0.15) is 0 Å². The SMILES string of the molecule is Cl.Cl.N[C@@H](Cc1cn(Cc2ccccc2)cn1)C(=O)NCCCC1CCCCC1. The zero-order valence-corrected chi connectivity index (χ0v) is 18.6. The van der Waals surface area contributed by atoms with Crippen LogP contribution in [-0.2, 0) is 17.8 Å². The van der Waals surface area contributed by atoms with Crippen molar-refractivity contribution in [2.45, 2.75) is 64.0 Å². The predicted molar refractivity (Wildman–Crippen MR) is 123 cm³/mol. The van der Waals surface area contributed by atoms with Gasteiger partial charge in [-0.15, -0.1) is 24.8 Å².